The smallest absolute Gasteiger partial charge is 0.408 e. The molecule has 0 spiro atoms. The fourth-order valence-corrected chi connectivity index (χ4v) is 2.80. The number of aromatic nitrogens is 1. The Labute approximate surface area is 186 Å². The molecule has 0 aliphatic heterocycles. The van der Waals surface area contributed by atoms with Crippen LogP contribution in [0.4, 0.5) is 4.79 Å². The normalized spacial score (nSPS) is 12.3. The minimum atomic E-state index is -1.48. The Morgan fingerprint density at radius 1 is 1.10 bits per heavy atom. The Morgan fingerprint density at radius 3 is 2.39 bits per heavy atom. The Morgan fingerprint density at radius 2 is 1.81 bits per heavy atom. The van der Waals surface area contributed by atoms with Gasteiger partial charge >= 0.3 is 18.0 Å². The molecule has 0 saturated carbocycles. The van der Waals surface area contributed by atoms with Gasteiger partial charge < -0.3 is 30.4 Å². The van der Waals surface area contributed by atoms with E-state index in [1.54, 1.807) is 12.3 Å². The van der Waals surface area contributed by atoms with Gasteiger partial charge in [0.2, 0.25) is 6.10 Å². The van der Waals surface area contributed by atoms with Gasteiger partial charge in [-0.3, -0.25) is 9.78 Å². The molecular weight excluding hydrogens is 475 g/mol. The maximum absolute atomic E-state index is 12.0. The van der Waals surface area contributed by atoms with E-state index in [-0.39, 0.29) is 37.5 Å². The third kappa shape index (κ3) is 10.5. The summed E-state index contributed by atoms with van der Waals surface area (Å²) in [6.45, 7) is 1.56. The number of pyridine rings is 1. The molecule has 0 radical (unpaired) electrons. The lowest BCUT2D eigenvalue weighted by Gasteiger charge is -2.17. The lowest BCUT2D eigenvalue weighted by atomic mass is 10.1. The SMILES string of the molecule is CC(=O)CC[C@H](NC(=O)O[C@@H](CCCCNC(=O)c1cncc([77Br])c1)C(=O)O)C(=O)O. The molecule has 11 nitrogen and oxygen atoms in total. The first-order chi connectivity index (χ1) is 14.6. The van der Waals surface area contributed by atoms with E-state index in [1.807, 2.05) is 0 Å². The highest BCUT2D eigenvalue weighted by molar-refractivity contribution is 9.10. The summed E-state index contributed by atoms with van der Waals surface area (Å²) in [7, 11) is 0. The van der Waals surface area contributed by atoms with Gasteiger partial charge in [-0.15, -0.1) is 0 Å². The number of hydrogen-bond donors (Lipinski definition) is 4. The Kier molecular flexibility index (Phi) is 11.2. The van der Waals surface area contributed by atoms with E-state index in [0.29, 0.717) is 22.9 Å². The van der Waals surface area contributed by atoms with Crippen LogP contribution >= 0.6 is 15.9 Å². The summed E-state index contributed by atoms with van der Waals surface area (Å²) in [5.41, 5.74) is 0.371. The van der Waals surface area contributed by atoms with E-state index >= 15 is 0 Å². The van der Waals surface area contributed by atoms with E-state index in [2.05, 4.69) is 31.5 Å². The number of halogens is 1. The van der Waals surface area contributed by atoms with Gasteiger partial charge in [0.1, 0.15) is 11.8 Å². The van der Waals surface area contributed by atoms with Gasteiger partial charge in [-0.2, -0.15) is 0 Å². The summed E-state index contributed by atoms with van der Waals surface area (Å²) in [6, 6.07) is 0.240. The van der Waals surface area contributed by atoms with Crippen molar-refractivity contribution >= 4 is 45.7 Å². The lowest BCUT2D eigenvalue weighted by Crippen LogP contribution is -2.43. The van der Waals surface area contributed by atoms with E-state index in [0.717, 1.165) is 0 Å². The first-order valence-electron chi connectivity index (χ1n) is 9.41. The van der Waals surface area contributed by atoms with Crippen molar-refractivity contribution in [1.29, 1.82) is 0 Å². The summed E-state index contributed by atoms with van der Waals surface area (Å²) in [5, 5.41) is 23.0. The number of nitrogens with one attached hydrogen (secondary N) is 2. The standard InChI is InChI=1S/C19H24BrN3O8/c1-11(24)5-6-14(17(26)27)23-19(30)31-15(18(28)29)4-2-3-7-22-16(25)12-8-13(20)10-21-9-12/h8-10,14-15H,2-7H2,1H3,(H,22,25)(H,23,30)(H,26,27)(H,28,29)/t14-,15-/m0/s1/i20-3. The summed E-state index contributed by atoms with van der Waals surface area (Å²) in [5.74, 6) is -3.31. The highest BCUT2D eigenvalue weighted by atomic mass is 76.9. The van der Waals surface area contributed by atoms with Crippen LogP contribution in [-0.2, 0) is 19.1 Å². The average molecular weight is 499 g/mol. The van der Waals surface area contributed by atoms with Gasteiger partial charge in [0.25, 0.3) is 5.91 Å². The van der Waals surface area contributed by atoms with Crippen molar-refractivity contribution in [3.63, 3.8) is 0 Å². The largest absolute Gasteiger partial charge is 0.480 e. The number of unbranched alkanes of at least 4 members (excludes halogenated alkanes) is 1. The molecule has 31 heavy (non-hydrogen) atoms. The average Bonchev–Trinajstić information content (AvgIpc) is 2.69. The number of aliphatic carboxylic acids is 2. The monoisotopic (exact) mass is 499 g/mol. The van der Waals surface area contributed by atoms with Gasteiger partial charge in [-0.25, -0.2) is 14.4 Å². The van der Waals surface area contributed by atoms with Gasteiger partial charge in [0.05, 0.1) is 5.56 Å². The minimum Gasteiger partial charge on any atom is -0.480 e. The second-order valence-electron chi connectivity index (χ2n) is 6.65. The van der Waals surface area contributed by atoms with Crippen LogP contribution in [0.2, 0.25) is 0 Å². The molecule has 0 aliphatic carbocycles. The van der Waals surface area contributed by atoms with Crippen LogP contribution in [0.3, 0.4) is 0 Å². The lowest BCUT2D eigenvalue weighted by molar-refractivity contribution is -0.147. The number of alkyl carbamates (subject to hydrolysis) is 1. The number of ether oxygens (including phenoxy) is 1. The van der Waals surface area contributed by atoms with Gasteiger partial charge in [0.15, 0.2) is 0 Å². The van der Waals surface area contributed by atoms with Crippen molar-refractivity contribution in [3.05, 3.63) is 28.5 Å². The molecule has 0 bridgehead atoms. The van der Waals surface area contributed by atoms with Crippen molar-refractivity contribution in [2.24, 2.45) is 0 Å². The number of ketones is 1. The molecule has 0 aromatic carbocycles. The fraction of sp³-hybridized carbons (Fsp3) is 0.474. The quantitative estimate of drug-likeness (QED) is 0.295. The third-order valence-corrected chi connectivity index (χ3v) is 4.48. The van der Waals surface area contributed by atoms with Crippen molar-refractivity contribution in [2.75, 3.05) is 6.54 Å². The van der Waals surface area contributed by atoms with Crippen LogP contribution < -0.4 is 10.6 Å². The number of rotatable bonds is 13. The zero-order valence-corrected chi connectivity index (χ0v) is 18.4. The molecule has 1 rings (SSSR count). The maximum Gasteiger partial charge on any atom is 0.408 e. The first kappa shape index (κ1) is 26.0. The molecule has 2 amide bonds. The van der Waals surface area contributed by atoms with Crippen molar-refractivity contribution < 1.29 is 38.9 Å². The van der Waals surface area contributed by atoms with Crippen LogP contribution in [0.15, 0.2) is 22.9 Å². The number of carboxylic acids is 2. The minimum absolute atomic E-state index is 0.0255. The highest BCUT2D eigenvalue weighted by Crippen LogP contribution is 2.10. The summed E-state index contributed by atoms with van der Waals surface area (Å²) >= 11 is 3.22. The van der Waals surface area contributed by atoms with Crippen molar-refractivity contribution in [3.8, 4) is 0 Å². The van der Waals surface area contributed by atoms with E-state index in [9.17, 15) is 29.1 Å². The molecular formula is C19H24BrN3O8. The first-order valence-corrected chi connectivity index (χ1v) is 10.2. The molecule has 1 aromatic heterocycles. The summed E-state index contributed by atoms with van der Waals surface area (Å²) in [4.78, 5) is 61.2. The third-order valence-electron chi connectivity index (χ3n) is 4.05. The second kappa shape index (κ2) is 13.3. The van der Waals surface area contributed by atoms with E-state index < -0.39 is 30.2 Å². The Bertz CT molecular complexity index is 817. The topological polar surface area (TPSA) is 172 Å². The molecule has 0 fully saturated rings. The molecule has 4 N–H and O–H groups in total. The zero-order valence-electron chi connectivity index (χ0n) is 16.8. The van der Waals surface area contributed by atoms with Gasteiger partial charge in [0, 0.05) is 29.8 Å². The highest BCUT2D eigenvalue weighted by Gasteiger charge is 2.26. The van der Waals surface area contributed by atoms with E-state index in [4.69, 9.17) is 9.84 Å². The number of nitrogens with zero attached hydrogens (tertiary/aromatic N) is 1. The predicted molar refractivity (Wildman–Crippen MR) is 111 cm³/mol. The van der Waals surface area contributed by atoms with Crippen LogP contribution in [0.5, 0.6) is 0 Å². The Balaban J connectivity index is 2.42. The van der Waals surface area contributed by atoms with Crippen molar-refractivity contribution in [2.45, 2.75) is 51.2 Å². The predicted octanol–water partition coefficient (Wildman–Crippen LogP) is 1.75. The van der Waals surface area contributed by atoms with Crippen LogP contribution in [0.25, 0.3) is 0 Å². The number of amides is 2. The number of carbonyl (C=O) groups excluding carboxylic acids is 3. The number of carbonyl (C=O) groups is 5. The molecule has 0 saturated heterocycles. The fourth-order valence-electron chi connectivity index (χ4n) is 2.44. The second-order valence-corrected chi connectivity index (χ2v) is 7.57. The maximum atomic E-state index is 12.0. The number of hydrogen-bond acceptors (Lipinski definition) is 7. The van der Waals surface area contributed by atoms with Crippen LogP contribution in [0.1, 0.15) is 49.4 Å². The van der Waals surface area contributed by atoms with Gasteiger partial charge in [-0.1, -0.05) is 0 Å². The number of carboxylic acid groups (broad SMARTS) is 2. The molecule has 12 heteroatoms. The molecule has 1 heterocycles. The summed E-state index contributed by atoms with van der Waals surface area (Å²) < 4.78 is 5.47. The Hall–Kier alpha value is -3.02. The summed E-state index contributed by atoms with van der Waals surface area (Å²) in [6.07, 6.45) is 0.820. The van der Waals surface area contributed by atoms with Crippen molar-refractivity contribution in [1.82, 2.24) is 15.6 Å². The number of Topliss-reactive ketones (excluding diaryl/α,β-unsaturated/α-hetero) is 1. The molecule has 0 aliphatic rings. The van der Waals surface area contributed by atoms with E-state index in [1.165, 1.54) is 13.1 Å². The molecule has 0 unspecified atom stereocenters. The molecule has 2 atom stereocenters. The molecule has 1 aromatic rings. The van der Waals surface area contributed by atoms with Crippen LogP contribution in [0, 0.1) is 0 Å². The molecule has 170 valence electrons. The van der Waals surface area contributed by atoms with Crippen LogP contribution in [-0.4, -0.2) is 63.6 Å². The zero-order chi connectivity index (χ0) is 23.4. The van der Waals surface area contributed by atoms with Gasteiger partial charge in [-0.05, 0) is 54.6 Å².